The van der Waals surface area contributed by atoms with Gasteiger partial charge in [0.1, 0.15) is 11.9 Å². The van der Waals surface area contributed by atoms with Gasteiger partial charge in [0.15, 0.2) is 5.76 Å². The molecule has 0 aliphatic carbocycles. The lowest BCUT2D eigenvalue weighted by Gasteiger charge is -2.35. The number of amides is 2. The molecular formula is C21H26FN5O4. The van der Waals surface area contributed by atoms with E-state index in [1.807, 2.05) is 17.9 Å². The minimum atomic E-state index is -0.543. The monoisotopic (exact) mass is 431 g/mol. The number of halogens is 1. The number of aryl methyl sites for hydroxylation is 1. The minimum absolute atomic E-state index is 0.194. The van der Waals surface area contributed by atoms with E-state index in [0.29, 0.717) is 31.0 Å². The number of hydrogen-bond acceptors (Lipinski definition) is 7. The molecule has 0 unspecified atom stereocenters. The van der Waals surface area contributed by atoms with Crippen molar-refractivity contribution in [1.82, 2.24) is 15.4 Å². The highest BCUT2D eigenvalue weighted by atomic mass is 19.1. The van der Waals surface area contributed by atoms with Crippen molar-refractivity contribution in [2.45, 2.75) is 26.5 Å². The molecule has 0 spiro atoms. The van der Waals surface area contributed by atoms with E-state index < -0.39 is 12.2 Å². The normalized spacial score (nSPS) is 19.6. The first-order valence-electron chi connectivity index (χ1n) is 10.3. The van der Waals surface area contributed by atoms with Crippen LogP contribution in [0.3, 0.4) is 0 Å². The van der Waals surface area contributed by atoms with Crippen molar-refractivity contribution < 1.29 is 23.2 Å². The lowest BCUT2D eigenvalue weighted by molar-refractivity contribution is -0.119. The molecule has 2 saturated heterocycles. The molecule has 1 aromatic carbocycles. The predicted molar refractivity (Wildman–Crippen MR) is 111 cm³/mol. The molecule has 1 atom stereocenters. The van der Waals surface area contributed by atoms with Gasteiger partial charge < -0.3 is 19.5 Å². The summed E-state index contributed by atoms with van der Waals surface area (Å²) < 4.78 is 25.4. The molecule has 0 saturated carbocycles. The average Bonchev–Trinajstić information content (AvgIpc) is 3.32. The van der Waals surface area contributed by atoms with E-state index in [4.69, 9.17) is 9.26 Å². The number of carbonyl (C=O) groups excluding carboxylic acids is 2. The molecule has 2 aliphatic rings. The van der Waals surface area contributed by atoms with Gasteiger partial charge in [-0.15, -0.1) is 0 Å². The van der Waals surface area contributed by atoms with Gasteiger partial charge in [-0.1, -0.05) is 5.16 Å². The van der Waals surface area contributed by atoms with Gasteiger partial charge in [-0.05, 0) is 25.1 Å². The zero-order valence-electron chi connectivity index (χ0n) is 17.6. The summed E-state index contributed by atoms with van der Waals surface area (Å²) in [6, 6.07) is 6.72. The number of cyclic esters (lactones) is 1. The second kappa shape index (κ2) is 8.93. The fourth-order valence-electron chi connectivity index (χ4n) is 3.87. The van der Waals surface area contributed by atoms with Crippen molar-refractivity contribution in [2.75, 3.05) is 49.1 Å². The van der Waals surface area contributed by atoms with Crippen molar-refractivity contribution in [2.24, 2.45) is 0 Å². The molecule has 2 aliphatic heterocycles. The van der Waals surface area contributed by atoms with Gasteiger partial charge >= 0.3 is 6.09 Å². The number of benzene rings is 1. The number of piperazine rings is 1. The lowest BCUT2D eigenvalue weighted by atomic mass is 10.2. The summed E-state index contributed by atoms with van der Waals surface area (Å²) in [7, 11) is 0. The van der Waals surface area contributed by atoms with Crippen LogP contribution in [0.2, 0.25) is 0 Å². The number of nitrogens with zero attached hydrogens (tertiary/aromatic N) is 4. The van der Waals surface area contributed by atoms with Crippen LogP contribution in [0.5, 0.6) is 0 Å². The molecule has 0 radical (unpaired) electrons. The van der Waals surface area contributed by atoms with Crippen LogP contribution in [-0.4, -0.2) is 67.4 Å². The Bertz CT molecular complexity index is 957. The van der Waals surface area contributed by atoms with E-state index >= 15 is 0 Å². The molecule has 4 rings (SSSR count). The van der Waals surface area contributed by atoms with Crippen molar-refractivity contribution in [1.29, 1.82) is 0 Å². The molecule has 166 valence electrons. The Labute approximate surface area is 179 Å². The summed E-state index contributed by atoms with van der Waals surface area (Å²) in [5, 5.41) is 6.53. The van der Waals surface area contributed by atoms with Crippen molar-refractivity contribution in [3.8, 4) is 0 Å². The smallest absolute Gasteiger partial charge is 0.414 e. The van der Waals surface area contributed by atoms with Crippen LogP contribution in [0, 0.1) is 12.7 Å². The van der Waals surface area contributed by atoms with Gasteiger partial charge in [-0.3, -0.25) is 14.6 Å². The highest BCUT2D eigenvalue weighted by Crippen LogP contribution is 2.28. The molecule has 2 amide bonds. The largest absolute Gasteiger partial charge is 0.442 e. The van der Waals surface area contributed by atoms with Crippen LogP contribution in [0.1, 0.15) is 18.4 Å². The second-order valence-electron chi connectivity index (χ2n) is 7.89. The van der Waals surface area contributed by atoms with Gasteiger partial charge in [-0.25, -0.2) is 9.18 Å². The van der Waals surface area contributed by atoms with Gasteiger partial charge in [0, 0.05) is 39.2 Å². The lowest BCUT2D eigenvalue weighted by Crippen LogP contribution is -2.46. The molecule has 31 heavy (non-hydrogen) atoms. The Morgan fingerprint density at radius 3 is 2.68 bits per heavy atom. The number of carbonyl (C=O) groups is 2. The number of ether oxygens (including phenoxy) is 1. The highest BCUT2D eigenvalue weighted by molar-refractivity contribution is 5.90. The quantitative estimate of drug-likeness (QED) is 0.747. The number of nitrogens with one attached hydrogen (secondary N) is 1. The standard InChI is InChI=1S/C21H26FN5O4/c1-14-9-17(31-24-14)12-25-5-7-26(8-6-25)20-4-3-16(10-19(20)22)27-13-18(30-21(27)29)11-23-15(2)28/h3-4,9-10,18H,5-8,11-13H2,1-2H3,(H,23,28)/t18-/m0/s1. The highest BCUT2D eigenvalue weighted by Gasteiger charge is 2.33. The maximum atomic E-state index is 14.9. The summed E-state index contributed by atoms with van der Waals surface area (Å²) in [4.78, 5) is 28.8. The Morgan fingerprint density at radius 1 is 1.26 bits per heavy atom. The third-order valence-corrected chi connectivity index (χ3v) is 5.46. The Hall–Kier alpha value is -3.14. The van der Waals surface area contributed by atoms with Crippen LogP contribution in [0.25, 0.3) is 0 Å². The number of aromatic nitrogens is 1. The first kappa shape index (κ1) is 21.1. The molecule has 10 heteroatoms. The fraction of sp³-hybridized carbons (Fsp3) is 0.476. The van der Waals surface area contributed by atoms with Gasteiger partial charge in [-0.2, -0.15) is 0 Å². The van der Waals surface area contributed by atoms with E-state index in [2.05, 4.69) is 15.4 Å². The summed E-state index contributed by atoms with van der Waals surface area (Å²) in [5.41, 5.74) is 1.82. The minimum Gasteiger partial charge on any atom is -0.442 e. The molecular weight excluding hydrogens is 405 g/mol. The zero-order valence-corrected chi connectivity index (χ0v) is 17.6. The van der Waals surface area contributed by atoms with Crippen LogP contribution < -0.4 is 15.1 Å². The van der Waals surface area contributed by atoms with Crippen LogP contribution in [0.4, 0.5) is 20.6 Å². The SMILES string of the molecule is CC(=O)NC[C@H]1CN(c2ccc(N3CCN(Cc4cc(C)no4)CC3)c(F)c2)C(=O)O1. The topological polar surface area (TPSA) is 91.2 Å². The summed E-state index contributed by atoms with van der Waals surface area (Å²) >= 11 is 0. The van der Waals surface area contributed by atoms with Gasteiger partial charge in [0.2, 0.25) is 5.91 Å². The predicted octanol–water partition coefficient (Wildman–Crippen LogP) is 1.91. The molecule has 0 bridgehead atoms. The first-order chi connectivity index (χ1) is 14.9. The Morgan fingerprint density at radius 2 is 2.03 bits per heavy atom. The number of anilines is 2. The van der Waals surface area contributed by atoms with Gasteiger partial charge in [0.25, 0.3) is 0 Å². The summed E-state index contributed by atoms with van der Waals surface area (Å²) in [6.45, 7) is 7.41. The van der Waals surface area contributed by atoms with Crippen molar-refractivity contribution in [3.63, 3.8) is 0 Å². The molecule has 1 N–H and O–H groups in total. The van der Waals surface area contributed by atoms with E-state index in [1.54, 1.807) is 12.1 Å². The Kier molecular flexibility index (Phi) is 6.08. The first-order valence-corrected chi connectivity index (χ1v) is 10.3. The molecule has 1 aromatic heterocycles. The zero-order chi connectivity index (χ0) is 22.0. The van der Waals surface area contributed by atoms with Gasteiger partial charge in [0.05, 0.1) is 36.7 Å². The number of hydrogen-bond donors (Lipinski definition) is 1. The second-order valence-corrected chi connectivity index (χ2v) is 7.89. The van der Waals surface area contributed by atoms with E-state index in [9.17, 15) is 14.0 Å². The van der Waals surface area contributed by atoms with Crippen LogP contribution in [-0.2, 0) is 16.1 Å². The summed E-state index contributed by atoms with van der Waals surface area (Å²) in [5.74, 6) is 0.256. The molecule has 2 aromatic rings. The Balaban J connectivity index is 1.35. The molecule has 2 fully saturated rings. The van der Waals surface area contributed by atoms with Crippen LogP contribution >= 0.6 is 0 Å². The maximum Gasteiger partial charge on any atom is 0.414 e. The van der Waals surface area contributed by atoms with Crippen LogP contribution in [0.15, 0.2) is 28.8 Å². The van der Waals surface area contributed by atoms with Crippen molar-refractivity contribution in [3.05, 3.63) is 41.5 Å². The number of rotatable bonds is 6. The third kappa shape index (κ3) is 4.96. The molecule has 3 heterocycles. The average molecular weight is 431 g/mol. The van der Waals surface area contributed by atoms with E-state index in [-0.39, 0.29) is 24.8 Å². The maximum absolute atomic E-state index is 14.9. The third-order valence-electron chi connectivity index (χ3n) is 5.46. The molecule has 9 nitrogen and oxygen atoms in total. The van der Waals surface area contributed by atoms with Crippen molar-refractivity contribution >= 4 is 23.4 Å². The van der Waals surface area contributed by atoms with E-state index in [0.717, 1.165) is 24.5 Å². The summed E-state index contributed by atoms with van der Waals surface area (Å²) in [6.07, 6.45) is -1.00. The fourth-order valence-corrected chi connectivity index (χ4v) is 3.87. The van der Waals surface area contributed by atoms with E-state index in [1.165, 1.54) is 17.9 Å².